The van der Waals surface area contributed by atoms with Crippen molar-refractivity contribution in [3.8, 4) is 0 Å². The van der Waals surface area contributed by atoms with Gasteiger partial charge in [0.2, 0.25) is 35.4 Å². The van der Waals surface area contributed by atoms with Crippen molar-refractivity contribution in [2.75, 3.05) is 139 Å². The molecule has 6 aliphatic heterocycles. The number of thiol groups is 1. The van der Waals surface area contributed by atoms with Gasteiger partial charge in [0.15, 0.2) is 0 Å². The number of imidazole rings is 3. The van der Waals surface area contributed by atoms with Crippen LogP contribution in [0.25, 0.3) is 33.1 Å². The molecule has 6 aromatic rings. The fourth-order valence-electron chi connectivity index (χ4n) is 16.9. The summed E-state index contributed by atoms with van der Waals surface area (Å²) in [5, 5.41) is 13.6. The summed E-state index contributed by atoms with van der Waals surface area (Å²) in [5.74, 6) is -2.20. The Balaban J connectivity index is 0.000000192. The van der Waals surface area contributed by atoms with E-state index in [0.717, 1.165) is 191 Å². The molecule has 15 rings (SSSR count). The van der Waals surface area contributed by atoms with Gasteiger partial charge in [-0.2, -0.15) is 0 Å². The summed E-state index contributed by atoms with van der Waals surface area (Å²) in [5.41, 5.74) is 5.15. The molecule has 35 nitrogen and oxygen atoms in total. The molecule has 3 saturated carbocycles. The van der Waals surface area contributed by atoms with Crippen LogP contribution in [0, 0.1) is 0 Å². The molecule has 5 N–H and O–H groups in total. The second-order valence-electron chi connectivity index (χ2n) is 35.2. The molecule has 9 fully saturated rings. The maximum absolute atomic E-state index is 13.0. The van der Waals surface area contributed by atoms with Gasteiger partial charge in [-0.15, -0.1) is 0 Å². The molecule has 0 bridgehead atoms. The SMILES string of the molecule is CN(C(=O)OC(C)(C)C)C1CC(OCCN2CCN(Cc3ccc4c(c3)n(C)c(=O)n4C3CCC(=O)NC3=O)CC2)C1.CN(C(=O)OC(C)(C)C)C1CC(OCCN2CCNCC2)C1.CNC1CC(OCCN2CCN(Cc3ccc4c(c3)n(C)c(=O)n4C3CCC(=O)NC3=O)CC2)C1.Cn1c(=O)n(C2CCC(=O)NC2=O)c2ccc(C=O)cc21.[K+].[SH-].[S]=[W]. The summed E-state index contributed by atoms with van der Waals surface area (Å²) in [6, 6.07) is 15.9. The van der Waals surface area contributed by atoms with Crippen LogP contribution in [-0.4, -0.2) is 302 Å². The molecule has 3 aliphatic carbocycles. The Hall–Kier alpha value is -6.41. The second-order valence-corrected chi connectivity index (χ2v) is 35.2. The molecule has 9 heterocycles. The number of fused-ring (bicyclic) bond motifs is 3. The van der Waals surface area contributed by atoms with Crippen LogP contribution in [0.1, 0.15) is 158 Å². The summed E-state index contributed by atoms with van der Waals surface area (Å²) in [6.45, 7) is 30.3. The topological polar surface area (TPSA) is 363 Å². The third kappa shape index (κ3) is 26.4. The van der Waals surface area contributed by atoms with Gasteiger partial charge in [-0.3, -0.25) is 101 Å². The van der Waals surface area contributed by atoms with Crippen LogP contribution < -0.4 is 95.0 Å². The number of benzene rings is 3. The molecule has 124 heavy (non-hydrogen) atoms. The number of carbonyl (C=O) groups is 9. The number of piperidine rings is 3. The van der Waals surface area contributed by atoms with Crippen LogP contribution >= 0.6 is 9.82 Å². The fourth-order valence-corrected chi connectivity index (χ4v) is 16.9. The van der Waals surface area contributed by atoms with Gasteiger partial charge in [0.1, 0.15) is 35.6 Å². The molecule has 8 amide bonds. The average molecular weight is 1960 g/mol. The maximum atomic E-state index is 13.0. The number of hydrogen-bond acceptors (Lipinski definition) is 26. The van der Waals surface area contributed by atoms with Gasteiger partial charge >= 0.3 is 108 Å². The van der Waals surface area contributed by atoms with E-state index in [-0.39, 0.29) is 155 Å². The Kier molecular flexibility index (Phi) is 37.8. The molecule has 3 aromatic carbocycles. The van der Waals surface area contributed by atoms with E-state index in [4.69, 9.17) is 23.7 Å². The molecule has 3 atom stereocenters. The number of carbonyl (C=O) groups excluding carboxylic acids is 9. The molecule has 0 spiro atoms. The normalized spacial score (nSPS) is 23.4. The number of rotatable bonds is 23. The molecule has 3 aromatic heterocycles. The van der Waals surface area contributed by atoms with Crippen molar-refractivity contribution in [2.24, 2.45) is 21.1 Å². The second kappa shape index (κ2) is 46.2. The van der Waals surface area contributed by atoms with E-state index in [1.807, 2.05) is 86.0 Å². The van der Waals surface area contributed by atoms with Gasteiger partial charge in [0.25, 0.3) is 0 Å². The zero-order valence-corrected chi connectivity index (χ0v) is 81.9. The van der Waals surface area contributed by atoms with Crippen LogP contribution in [-0.2, 0) is 118 Å². The number of amides is 8. The molecule has 0 radical (unpaired) electrons. The van der Waals surface area contributed by atoms with Crippen molar-refractivity contribution >= 4 is 110 Å². The van der Waals surface area contributed by atoms with E-state index in [0.29, 0.717) is 66.4 Å². The quantitative estimate of drug-likeness (QED) is 0.0195. The average Bonchev–Trinajstić information content (AvgIpc) is 1.62. The number of piperazine rings is 3. The summed E-state index contributed by atoms with van der Waals surface area (Å²) < 4.78 is 37.8. The van der Waals surface area contributed by atoms with Crippen molar-refractivity contribution in [1.29, 1.82) is 0 Å². The Bertz CT molecular complexity index is 4900. The number of imide groups is 3. The first-order chi connectivity index (χ1) is 58.2. The van der Waals surface area contributed by atoms with Crippen LogP contribution in [0.15, 0.2) is 69.0 Å². The molecule has 9 aliphatic rings. The zero-order chi connectivity index (χ0) is 88.0. The van der Waals surface area contributed by atoms with Crippen molar-refractivity contribution in [3.63, 3.8) is 0 Å². The van der Waals surface area contributed by atoms with Crippen molar-refractivity contribution in [1.82, 2.24) is 88.3 Å². The number of aromatic nitrogens is 6. The number of ether oxygens (including phenoxy) is 5. The Morgan fingerprint density at radius 1 is 0.476 bits per heavy atom. The third-order valence-corrected chi connectivity index (χ3v) is 24.5. The van der Waals surface area contributed by atoms with Gasteiger partial charge < -0.3 is 57.6 Å². The van der Waals surface area contributed by atoms with Crippen LogP contribution in [0.4, 0.5) is 9.59 Å². The van der Waals surface area contributed by atoms with Crippen molar-refractivity contribution < 1.29 is 136 Å². The summed E-state index contributed by atoms with van der Waals surface area (Å²) >= 11 is 1.17. The van der Waals surface area contributed by atoms with E-state index < -0.39 is 47.0 Å². The monoisotopic (exact) mass is 1960 g/mol. The van der Waals surface area contributed by atoms with Crippen molar-refractivity contribution in [3.05, 3.63) is 103 Å². The number of hydrogen-bond donors (Lipinski definition) is 5. The number of nitrogens with zero attached hydrogens (tertiary/aromatic N) is 13. The molecule has 3 unspecified atom stereocenters. The Morgan fingerprint density at radius 3 is 1.11 bits per heavy atom. The first-order valence-electron chi connectivity index (χ1n) is 42.7. The van der Waals surface area contributed by atoms with Gasteiger partial charge in [-0.05, 0) is 160 Å². The fraction of sp³-hybridized carbons (Fsp3) is 0.647. The van der Waals surface area contributed by atoms with Crippen LogP contribution in [0.2, 0.25) is 0 Å². The van der Waals surface area contributed by atoms with E-state index in [1.54, 1.807) is 65.3 Å². The summed E-state index contributed by atoms with van der Waals surface area (Å²) in [4.78, 5) is 160. The first-order valence-corrected chi connectivity index (χ1v) is 46.6. The molecular weight excluding hydrogens is 1830 g/mol. The number of aryl methyl sites for hydroxylation is 3. The summed E-state index contributed by atoms with van der Waals surface area (Å²) in [7, 11) is 14.8. The van der Waals surface area contributed by atoms with E-state index in [9.17, 15) is 57.5 Å². The first kappa shape index (κ1) is 101. The van der Waals surface area contributed by atoms with E-state index in [1.165, 1.54) is 36.3 Å². The molecule has 676 valence electrons. The van der Waals surface area contributed by atoms with Crippen molar-refractivity contribution in [2.45, 2.75) is 197 Å². The van der Waals surface area contributed by atoms with E-state index >= 15 is 0 Å². The molecular formula is C85H125KN18O17S2W. The van der Waals surface area contributed by atoms with Gasteiger partial charge in [0, 0.05) is 189 Å². The van der Waals surface area contributed by atoms with E-state index in [2.05, 4.69) is 67.0 Å². The zero-order valence-electron chi connectivity index (χ0n) is 74.1. The van der Waals surface area contributed by atoms with Gasteiger partial charge in [-0.25, -0.2) is 24.0 Å². The van der Waals surface area contributed by atoms with Gasteiger partial charge in [-0.1, -0.05) is 12.1 Å². The Labute approximate surface area is 788 Å². The summed E-state index contributed by atoms with van der Waals surface area (Å²) in [6.07, 6.45) is 8.48. The standard InChI is InChI=1S/C30H44N6O6.C25H36N6O4.C16H31N3O3.C14H13N3O4.K.H2S.S.W/c1-30(2,3)42-29(40)32(4)21-17-22(18-21)41-15-14-34-10-12-35(13-11-34)19-20-6-7-23-25(16-20)33(5)28(39)36(23)24-8-9-26(37)31-27(24)38;1-26-18-14-19(15-18)35-12-11-29-7-9-30(10-8-29)16-17-3-4-20-22(13-17)28(2)25(34)31(20)21-5-6-23(32)27-24(21)33;1-16(2,3)22-15(20)18(4)13-11-14(12-13)21-10-9-19-7-5-17-6-8-19;1-16-11-6-8(7-18)2-3-9(11)17(14(16)21)10-4-5-12(19)15-13(10)20;;;;/h6-7,16,21-22,24H,8-15,17-19H2,1-5H3,(H,31,37,38);3-4,13,18-19,21,26H,5-12,14-16H2,1-2H3,(H,27,32,33);13-14,17H,5-12H2,1-4H3;2-3,6-7,10H,4-5H2,1H3,(H,15,19,20);;1H2;;/q;;;;+1;;;/p-1. The number of aldehydes is 1. The minimum atomic E-state index is -0.707. The predicted molar refractivity (Wildman–Crippen MR) is 466 cm³/mol. The van der Waals surface area contributed by atoms with Gasteiger partial charge in [0.05, 0.1) is 71.2 Å². The molecule has 39 heteroatoms. The van der Waals surface area contributed by atoms with Crippen LogP contribution in [0.3, 0.4) is 0 Å². The number of nitrogens with one attached hydrogen (secondary N) is 5. The Morgan fingerprint density at radius 2 is 0.790 bits per heavy atom. The predicted octanol–water partition coefficient (Wildman–Crippen LogP) is 0.868. The third-order valence-electron chi connectivity index (χ3n) is 24.5. The minimum absolute atomic E-state index is 0. The van der Waals surface area contributed by atoms with Crippen LogP contribution in [0.5, 0.6) is 0 Å². The molecule has 6 saturated heterocycles.